The van der Waals surface area contributed by atoms with Gasteiger partial charge in [-0.2, -0.15) is 0 Å². The molecule has 2 saturated heterocycles. The molecule has 6 rings (SSSR count). The van der Waals surface area contributed by atoms with Gasteiger partial charge in [0.1, 0.15) is 0 Å². The van der Waals surface area contributed by atoms with E-state index in [1.54, 1.807) is 29.2 Å². The molecular weight excluding hydrogens is 767 g/mol. The Morgan fingerprint density at radius 3 is 1.27 bits per heavy atom. The van der Waals surface area contributed by atoms with Gasteiger partial charge in [-0.05, 0) is 12.8 Å². The van der Waals surface area contributed by atoms with E-state index in [-0.39, 0.29) is 36.5 Å². The number of rotatable bonds is 13. The van der Waals surface area contributed by atoms with Crippen molar-refractivity contribution in [1.82, 2.24) is 4.90 Å². The minimum atomic E-state index is -0.594. The molecule has 0 bridgehead atoms. The number of carbonyl (C=O) groups is 4. The Balaban J connectivity index is 1.06. The number of anilines is 1. The number of likely N-dealkylation sites (tertiary alicyclic amines) is 1. The van der Waals surface area contributed by atoms with Crippen LogP contribution in [0.2, 0.25) is 0 Å². The summed E-state index contributed by atoms with van der Waals surface area (Å²) in [6.45, 7) is 8.45. The molecule has 0 saturated carbocycles. The van der Waals surface area contributed by atoms with Gasteiger partial charge in [0.25, 0.3) is 0 Å². The van der Waals surface area contributed by atoms with Crippen LogP contribution in [0.5, 0.6) is 0 Å². The molecule has 52 heavy (non-hydrogen) atoms. The van der Waals surface area contributed by atoms with E-state index in [9.17, 15) is 19.2 Å². The maximum atomic E-state index is 12.9. The first-order chi connectivity index (χ1) is 25.1. The second-order valence-corrected chi connectivity index (χ2v) is 16.2. The van der Waals surface area contributed by atoms with Crippen LogP contribution in [-0.2, 0) is 24.6 Å². The zero-order valence-corrected chi connectivity index (χ0v) is 32.0. The van der Waals surface area contributed by atoms with E-state index in [1.165, 1.54) is 12.0 Å². The molecule has 0 radical (unpaired) electrons. The molecule has 268 valence electrons. The van der Waals surface area contributed by atoms with E-state index in [4.69, 9.17) is 0 Å². The van der Waals surface area contributed by atoms with E-state index in [2.05, 4.69) is 84.6 Å². The average molecular weight is 810 g/mol. The molecule has 0 N–H and O–H groups in total. The van der Waals surface area contributed by atoms with Crippen molar-refractivity contribution in [1.29, 1.82) is 0 Å². The quantitative estimate of drug-likeness (QED) is 0.0850. The molecule has 0 aliphatic carbocycles. The topological polar surface area (TPSA) is 124 Å². The number of hydrogen-bond donors (Lipinski definition) is 0. The smallest absolute Gasteiger partial charge is 0.276 e. The van der Waals surface area contributed by atoms with E-state index in [1.807, 2.05) is 36.4 Å². The zero-order valence-electron chi connectivity index (χ0n) is 29.9. The number of carbonyl (C=O) groups excluding carboxylic acids is 4. The Bertz CT molecular complexity index is 1970. The third kappa shape index (κ3) is 7.37. The molecule has 11 heteroatoms. The van der Waals surface area contributed by atoms with Crippen LogP contribution in [0.1, 0.15) is 78.2 Å². The Hall–Kier alpha value is -4.91. The second kappa shape index (κ2) is 15.8. The van der Waals surface area contributed by atoms with E-state index >= 15 is 0 Å². The second-order valence-electron chi connectivity index (χ2n) is 13.2. The molecule has 0 aromatic heterocycles. The maximum absolute atomic E-state index is 12.9. The van der Waals surface area contributed by atoms with Crippen LogP contribution in [0.4, 0.5) is 28.4 Å². The van der Waals surface area contributed by atoms with Crippen molar-refractivity contribution in [2.45, 2.75) is 83.6 Å². The Labute approximate surface area is 314 Å². The van der Waals surface area contributed by atoms with Crippen LogP contribution in [0.3, 0.4) is 0 Å². The van der Waals surface area contributed by atoms with E-state index in [0.717, 1.165) is 29.0 Å². The van der Waals surface area contributed by atoms with Crippen molar-refractivity contribution >= 4 is 52.1 Å². The normalized spacial score (nSPS) is 16.6. The Morgan fingerprint density at radius 2 is 0.885 bits per heavy atom. The standard InChI is InChI=1S/C41H42IN6O4/c1-5-40(4,41(6-2,7-3)48-38(51)26-27-39(48)52)28-8-14-31(15-9-28)43-44-32-16-10-29(11-17-32)42-30-12-18-33(19-13-30)45-46-34-20-22-35(23-21-34)47-36(49)24-25-37(47)50/h8-23H,5-7,24-27H2,1-4H3/q-1. The van der Waals surface area contributed by atoms with Crippen LogP contribution < -0.4 is 26.1 Å². The molecule has 4 aromatic rings. The fraction of sp³-hybridized carbons (Fsp3) is 0.317. The predicted molar refractivity (Wildman–Crippen MR) is 195 cm³/mol. The van der Waals surface area contributed by atoms with Gasteiger partial charge in [0.2, 0.25) is 11.8 Å². The number of halogens is 1. The van der Waals surface area contributed by atoms with Gasteiger partial charge in [-0.1, -0.05) is 20.8 Å². The van der Waals surface area contributed by atoms with E-state index in [0.29, 0.717) is 37.1 Å². The van der Waals surface area contributed by atoms with Gasteiger partial charge >= 0.3 is 221 Å². The van der Waals surface area contributed by atoms with Crippen LogP contribution >= 0.6 is 0 Å². The van der Waals surface area contributed by atoms with Gasteiger partial charge < -0.3 is 0 Å². The first kappa shape index (κ1) is 36.9. The molecule has 1 atom stereocenters. The molecule has 2 aliphatic rings. The Morgan fingerprint density at radius 1 is 0.519 bits per heavy atom. The molecule has 4 aromatic carbocycles. The van der Waals surface area contributed by atoms with Crippen molar-refractivity contribution in [2.24, 2.45) is 20.5 Å². The first-order valence-electron chi connectivity index (χ1n) is 17.7. The van der Waals surface area contributed by atoms with Crippen LogP contribution in [0.15, 0.2) is 118 Å². The summed E-state index contributed by atoms with van der Waals surface area (Å²) in [6.07, 6.45) is 3.25. The molecular formula is C41H42IN6O4-. The molecule has 1 unspecified atom stereocenters. The van der Waals surface area contributed by atoms with Crippen molar-refractivity contribution in [3.05, 3.63) is 110 Å². The van der Waals surface area contributed by atoms with Gasteiger partial charge in [-0.3, -0.25) is 24.1 Å². The van der Waals surface area contributed by atoms with Gasteiger partial charge in [0.05, 0.1) is 0 Å². The number of amides is 4. The predicted octanol–water partition coefficient (Wildman–Crippen LogP) is 6.67. The molecule has 10 nitrogen and oxygen atoms in total. The molecule has 4 amide bonds. The van der Waals surface area contributed by atoms with Gasteiger partial charge in [-0.15, -0.1) is 0 Å². The average Bonchev–Trinajstić information content (AvgIpc) is 3.70. The summed E-state index contributed by atoms with van der Waals surface area (Å²) in [5.41, 5.74) is 3.49. The zero-order chi connectivity index (χ0) is 36.9. The van der Waals surface area contributed by atoms with Crippen molar-refractivity contribution < 1.29 is 40.4 Å². The summed E-state index contributed by atoms with van der Waals surface area (Å²) >= 11 is -0.412. The number of imide groups is 2. The van der Waals surface area contributed by atoms with Crippen molar-refractivity contribution in [3.63, 3.8) is 0 Å². The van der Waals surface area contributed by atoms with E-state index < -0.39 is 32.2 Å². The molecule has 2 fully saturated rings. The third-order valence-electron chi connectivity index (χ3n) is 10.5. The van der Waals surface area contributed by atoms with Crippen LogP contribution in [-0.4, -0.2) is 34.1 Å². The van der Waals surface area contributed by atoms with Crippen molar-refractivity contribution in [3.8, 4) is 0 Å². The number of benzene rings is 4. The summed E-state index contributed by atoms with van der Waals surface area (Å²) in [5, 5.41) is 17.6. The summed E-state index contributed by atoms with van der Waals surface area (Å²) in [6, 6.07) is 31.1. The number of hydrogen-bond acceptors (Lipinski definition) is 8. The van der Waals surface area contributed by atoms with Crippen LogP contribution in [0, 0.1) is 7.14 Å². The minimum Gasteiger partial charge on any atom is -0.276 e. The van der Waals surface area contributed by atoms with Gasteiger partial charge in [0.15, 0.2) is 0 Å². The molecule has 0 spiro atoms. The number of nitrogens with zero attached hydrogens (tertiary/aromatic N) is 6. The summed E-state index contributed by atoms with van der Waals surface area (Å²) in [5.74, 6) is -0.490. The monoisotopic (exact) mass is 809 g/mol. The summed E-state index contributed by atoms with van der Waals surface area (Å²) in [7, 11) is 0. The minimum absolute atomic E-state index is 0.0672. The SMILES string of the molecule is CCC(C)(c1ccc(N=Nc2ccc([I-]c3ccc(N=Nc4ccc(N5C(=O)CCC5=O)cc4)cc3)cc2)cc1)C(CC)(CC)N1C(=O)CCC1=O. The van der Waals surface area contributed by atoms with Crippen LogP contribution in [0.25, 0.3) is 0 Å². The van der Waals surface area contributed by atoms with Gasteiger partial charge in [0, 0.05) is 25.7 Å². The van der Waals surface area contributed by atoms with Crippen molar-refractivity contribution in [2.75, 3.05) is 4.90 Å². The first-order valence-corrected chi connectivity index (χ1v) is 19.9. The summed E-state index contributed by atoms with van der Waals surface area (Å²) < 4.78 is 2.49. The molecule has 2 aliphatic heterocycles. The molecule has 2 heterocycles. The third-order valence-corrected chi connectivity index (χ3v) is 13.2. The van der Waals surface area contributed by atoms with Gasteiger partial charge in [-0.25, -0.2) is 0 Å². The summed E-state index contributed by atoms with van der Waals surface area (Å²) in [4.78, 5) is 52.6. The Kier molecular flexibility index (Phi) is 11.2. The number of azo groups is 2. The fourth-order valence-corrected chi connectivity index (χ4v) is 9.53. The fourth-order valence-electron chi connectivity index (χ4n) is 7.38.